The van der Waals surface area contributed by atoms with E-state index >= 15 is 0 Å². The normalized spacial score (nSPS) is 11.0. The smallest absolute Gasteiger partial charge is 0.234 e. The molecule has 0 saturated carbocycles. The van der Waals surface area contributed by atoms with Crippen molar-refractivity contribution in [1.82, 2.24) is 19.6 Å². The van der Waals surface area contributed by atoms with Crippen molar-refractivity contribution in [2.75, 3.05) is 11.1 Å². The zero-order valence-electron chi connectivity index (χ0n) is 13.9. The number of carbonyl (C=O) groups excluding carboxylic acids is 1. The summed E-state index contributed by atoms with van der Waals surface area (Å²) in [7, 11) is 0. The standard InChI is InChI=1S/C17H19N5OS/c1-4-13-5-7-14(8-6-13)19-16(23)10-24-17-21-20-15-9-11(2)18-12(3)22(15)17/h5-9H,4,10H2,1-3H3,(H,19,23). The Hall–Kier alpha value is -2.41. The molecule has 0 aliphatic heterocycles. The maximum absolute atomic E-state index is 12.1. The van der Waals surface area contributed by atoms with Crippen molar-refractivity contribution in [3.05, 3.63) is 47.4 Å². The van der Waals surface area contributed by atoms with Gasteiger partial charge < -0.3 is 5.32 Å². The van der Waals surface area contributed by atoms with Gasteiger partial charge in [0, 0.05) is 17.4 Å². The third-order valence-electron chi connectivity index (χ3n) is 3.64. The van der Waals surface area contributed by atoms with Gasteiger partial charge in [-0.15, -0.1) is 10.2 Å². The third kappa shape index (κ3) is 3.56. The van der Waals surface area contributed by atoms with Crippen molar-refractivity contribution < 1.29 is 4.79 Å². The number of aromatic nitrogens is 4. The second-order valence-electron chi connectivity index (χ2n) is 5.51. The summed E-state index contributed by atoms with van der Waals surface area (Å²) in [4.78, 5) is 16.5. The van der Waals surface area contributed by atoms with E-state index in [1.54, 1.807) is 0 Å². The molecule has 6 nitrogen and oxygen atoms in total. The molecule has 0 spiro atoms. The molecule has 1 aromatic carbocycles. The van der Waals surface area contributed by atoms with E-state index in [-0.39, 0.29) is 11.7 Å². The fourth-order valence-electron chi connectivity index (χ4n) is 2.45. The maximum Gasteiger partial charge on any atom is 0.234 e. The number of hydrogen-bond acceptors (Lipinski definition) is 5. The van der Waals surface area contributed by atoms with Crippen LogP contribution in [-0.2, 0) is 11.2 Å². The highest BCUT2D eigenvalue weighted by Gasteiger charge is 2.12. The lowest BCUT2D eigenvalue weighted by atomic mass is 10.1. The van der Waals surface area contributed by atoms with E-state index in [4.69, 9.17) is 0 Å². The van der Waals surface area contributed by atoms with Gasteiger partial charge in [0.25, 0.3) is 0 Å². The highest BCUT2D eigenvalue weighted by molar-refractivity contribution is 7.99. The number of aryl methyl sites for hydroxylation is 3. The number of rotatable bonds is 5. The van der Waals surface area contributed by atoms with Gasteiger partial charge in [0.15, 0.2) is 10.8 Å². The van der Waals surface area contributed by atoms with Crippen molar-refractivity contribution in [2.24, 2.45) is 0 Å². The van der Waals surface area contributed by atoms with Crippen LogP contribution >= 0.6 is 11.8 Å². The summed E-state index contributed by atoms with van der Waals surface area (Å²) in [5, 5.41) is 11.9. The average molecular weight is 341 g/mol. The summed E-state index contributed by atoms with van der Waals surface area (Å²) in [6.07, 6.45) is 0.983. The van der Waals surface area contributed by atoms with Gasteiger partial charge in [-0.05, 0) is 38.0 Å². The SMILES string of the molecule is CCc1ccc(NC(=O)CSc2nnc3cc(C)nc(C)n23)cc1. The number of amides is 1. The van der Waals surface area contributed by atoms with Crippen LogP contribution in [0, 0.1) is 13.8 Å². The van der Waals surface area contributed by atoms with Crippen molar-refractivity contribution in [2.45, 2.75) is 32.3 Å². The Balaban J connectivity index is 1.66. The zero-order valence-corrected chi connectivity index (χ0v) is 14.7. The molecule has 2 aromatic heterocycles. The molecule has 2 heterocycles. The Morgan fingerprint density at radius 3 is 2.67 bits per heavy atom. The number of anilines is 1. The van der Waals surface area contributed by atoms with Crippen molar-refractivity contribution in [3.8, 4) is 0 Å². The van der Waals surface area contributed by atoms with Gasteiger partial charge in [-0.1, -0.05) is 30.8 Å². The molecule has 24 heavy (non-hydrogen) atoms. The minimum Gasteiger partial charge on any atom is -0.325 e. The lowest BCUT2D eigenvalue weighted by molar-refractivity contribution is -0.113. The Labute approximate surface area is 144 Å². The lowest BCUT2D eigenvalue weighted by Gasteiger charge is -2.06. The van der Waals surface area contributed by atoms with Gasteiger partial charge in [-0.3, -0.25) is 9.20 Å². The highest BCUT2D eigenvalue weighted by atomic mass is 32.2. The first-order valence-corrected chi connectivity index (χ1v) is 8.76. The Morgan fingerprint density at radius 1 is 1.21 bits per heavy atom. The van der Waals surface area contributed by atoms with Gasteiger partial charge in [-0.25, -0.2) is 4.98 Å². The summed E-state index contributed by atoms with van der Waals surface area (Å²) in [6, 6.07) is 9.76. The third-order valence-corrected chi connectivity index (χ3v) is 4.57. The minimum atomic E-state index is -0.0706. The van der Waals surface area contributed by atoms with Gasteiger partial charge >= 0.3 is 0 Å². The van der Waals surface area contributed by atoms with E-state index in [1.165, 1.54) is 17.3 Å². The van der Waals surface area contributed by atoms with Crippen LogP contribution in [0.25, 0.3) is 5.65 Å². The summed E-state index contributed by atoms with van der Waals surface area (Å²) in [5.74, 6) is 1.01. The first-order chi connectivity index (χ1) is 11.6. The van der Waals surface area contributed by atoms with E-state index in [9.17, 15) is 4.79 Å². The van der Waals surface area contributed by atoms with Crippen molar-refractivity contribution in [1.29, 1.82) is 0 Å². The van der Waals surface area contributed by atoms with Gasteiger partial charge in [0.05, 0.1) is 5.75 Å². The molecule has 0 saturated heterocycles. The van der Waals surface area contributed by atoms with Crippen LogP contribution in [0.3, 0.4) is 0 Å². The van der Waals surface area contributed by atoms with Gasteiger partial charge in [-0.2, -0.15) is 0 Å². The topological polar surface area (TPSA) is 72.2 Å². The van der Waals surface area contributed by atoms with Crippen LogP contribution in [-0.4, -0.2) is 31.2 Å². The number of carbonyl (C=O) groups is 1. The monoisotopic (exact) mass is 341 g/mol. The number of nitrogens with one attached hydrogen (secondary N) is 1. The molecular weight excluding hydrogens is 322 g/mol. The minimum absolute atomic E-state index is 0.0706. The first kappa shape index (κ1) is 16.4. The predicted molar refractivity (Wildman–Crippen MR) is 95.4 cm³/mol. The summed E-state index contributed by atoms with van der Waals surface area (Å²) >= 11 is 1.35. The van der Waals surface area contributed by atoms with Gasteiger partial charge in [0.2, 0.25) is 5.91 Å². The number of thioether (sulfide) groups is 1. The second kappa shape index (κ2) is 7.00. The van der Waals surface area contributed by atoms with Crippen LogP contribution in [0.15, 0.2) is 35.5 Å². The van der Waals surface area contributed by atoms with E-state index < -0.39 is 0 Å². The Kier molecular flexibility index (Phi) is 4.80. The van der Waals surface area contributed by atoms with Crippen LogP contribution in [0.5, 0.6) is 0 Å². The summed E-state index contributed by atoms with van der Waals surface area (Å²) < 4.78 is 1.86. The zero-order chi connectivity index (χ0) is 17.1. The molecule has 0 aliphatic carbocycles. The molecule has 1 N–H and O–H groups in total. The Bertz CT molecular complexity index is 873. The van der Waals surface area contributed by atoms with E-state index in [0.29, 0.717) is 5.16 Å². The molecule has 1 amide bonds. The molecule has 0 fully saturated rings. The predicted octanol–water partition coefficient (Wildman–Crippen LogP) is 3.03. The number of benzene rings is 1. The molecule has 0 aliphatic rings. The van der Waals surface area contributed by atoms with E-state index in [2.05, 4.69) is 27.4 Å². The molecule has 7 heteroatoms. The first-order valence-electron chi connectivity index (χ1n) is 7.78. The molecule has 3 rings (SSSR count). The largest absolute Gasteiger partial charge is 0.325 e. The Morgan fingerprint density at radius 2 is 1.96 bits per heavy atom. The number of hydrogen-bond donors (Lipinski definition) is 1. The van der Waals surface area contributed by atoms with Crippen molar-refractivity contribution in [3.63, 3.8) is 0 Å². The fourth-order valence-corrected chi connectivity index (χ4v) is 3.23. The highest BCUT2D eigenvalue weighted by Crippen LogP contribution is 2.19. The van der Waals surface area contributed by atoms with Gasteiger partial charge in [0.1, 0.15) is 5.82 Å². The summed E-state index contributed by atoms with van der Waals surface area (Å²) in [6.45, 7) is 5.93. The van der Waals surface area contributed by atoms with Crippen LogP contribution < -0.4 is 5.32 Å². The lowest BCUT2D eigenvalue weighted by Crippen LogP contribution is -2.14. The molecule has 3 aromatic rings. The van der Waals surface area contributed by atoms with Crippen LogP contribution in [0.4, 0.5) is 5.69 Å². The van der Waals surface area contributed by atoms with E-state index in [0.717, 1.165) is 29.3 Å². The number of nitrogens with zero attached hydrogens (tertiary/aromatic N) is 4. The molecule has 0 unspecified atom stereocenters. The van der Waals surface area contributed by atoms with Crippen LogP contribution in [0.1, 0.15) is 24.0 Å². The average Bonchev–Trinajstić information content (AvgIpc) is 2.97. The molecular formula is C17H19N5OS. The molecule has 0 bridgehead atoms. The molecule has 0 radical (unpaired) electrons. The van der Waals surface area contributed by atoms with Crippen molar-refractivity contribution >= 4 is 29.0 Å². The van der Waals surface area contributed by atoms with E-state index in [1.807, 2.05) is 48.6 Å². The fraction of sp³-hybridized carbons (Fsp3) is 0.294. The second-order valence-corrected chi connectivity index (χ2v) is 6.45. The molecule has 124 valence electrons. The maximum atomic E-state index is 12.1. The number of fused-ring (bicyclic) bond motifs is 1. The molecule has 0 atom stereocenters. The van der Waals surface area contributed by atoms with Crippen LogP contribution in [0.2, 0.25) is 0 Å². The summed E-state index contributed by atoms with van der Waals surface area (Å²) in [5.41, 5.74) is 3.70. The quantitative estimate of drug-likeness (QED) is 0.722.